The average Bonchev–Trinajstić information content (AvgIpc) is 3.05. The Bertz CT molecular complexity index is 619. The zero-order valence-electron chi connectivity index (χ0n) is 10.5. The highest BCUT2D eigenvalue weighted by molar-refractivity contribution is 7.38. The maximum atomic E-state index is 13.0. The van der Waals surface area contributed by atoms with Gasteiger partial charge in [-0.1, -0.05) is 12.1 Å². The lowest BCUT2D eigenvalue weighted by atomic mass is 10.2. The highest BCUT2D eigenvalue weighted by Gasteiger charge is 2.50. The maximum absolute atomic E-state index is 13.0. The van der Waals surface area contributed by atoms with Gasteiger partial charge in [-0.15, -0.1) is 13.2 Å². The Morgan fingerprint density at radius 3 is 2.00 bits per heavy atom. The zero-order valence-corrected chi connectivity index (χ0v) is 11.3. The molecule has 1 aliphatic carbocycles. The lowest BCUT2D eigenvalue weighted by Gasteiger charge is -1.98. The summed E-state index contributed by atoms with van der Waals surface area (Å²) in [6.07, 6.45) is 1.83. The van der Waals surface area contributed by atoms with Gasteiger partial charge in [-0.25, -0.2) is 0 Å². The van der Waals surface area contributed by atoms with Gasteiger partial charge in [0.15, 0.2) is 9.58 Å². The molecule has 0 amide bonds. The number of alkyl halides is 3. The molecule has 0 spiro atoms. The Labute approximate surface area is 118 Å². The van der Waals surface area contributed by atoms with Crippen LogP contribution in [0.25, 0.3) is 10.1 Å². The molecule has 1 atom stereocenters. The molecule has 0 saturated heterocycles. The van der Waals surface area contributed by atoms with Crippen LogP contribution in [-0.2, 0) is 5.51 Å². The summed E-state index contributed by atoms with van der Waals surface area (Å²) < 4.78 is 78.6. The van der Waals surface area contributed by atoms with Crippen LogP contribution in [0.5, 0.6) is 0 Å². The van der Waals surface area contributed by atoms with Crippen molar-refractivity contribution in [3.63, 3.8) is 0 Å². The first-order valence-corrected chi connectivity index (χ1v) is 7.29. The van der Waals surface area contributed by atoms with Crippen molar-refractivity contribution in [1.82, 2.24) is 0 Å². The Balaban J connectivity index is 0.000000282. The Morgan fingerprint density at radius 1 is 1.00 bits per heavy atom. The van der Waals surface area contributed by atoms with Gasteiger partial charge in [0, 0.05) is 17.4 Å². The third-order valence-corrected chi connectivity index (χ3v) is 5.08. The third-order valence-electron chi connectivity index (χ3n) is 2.88. The predicted molar refractivity (Wildman–Crippen MR) is 69.9 cm³/mol. The summed E-state index contributed by atoms with van der Waals surface area (Å²) in [5.74, 6) is 0.178. The lowest BCUT2D eigenvalue weighted by Crippen LogP contribution is -2.02. The van der Waals surface area contributed by atoms with Crippen molar-refractivity contribution in [3.8, 4) is 0 Å². The third kappa shape index (κ3) is 4.36. The summed E-state index contributed by atoms with van der Waals surface area (Å²) in [6, 6.07) is 8.62. The molecular formula is C12H10BF7S. The van der Waals surface area contributed by atoms with Gasteiger partial charge in [0.05, 0.1) is 10.5 Å². The van der Waals surface area contributed by atoms with E-state index < -0.39 is 23.2 Å². The molecule has 9 heteroatoms. The van der Waals surface area contributed by atoms with E-state index in [4.69, 9.17) is 0 Å². The van der Waals surface area contributed by atoms with Crippen LogP contribution in [0.2, 0.25) is 0 Å². The van der Waals surface area contributed by atoms with Crippen LogP contribution in [0, 0.1) is 0 Å². The summed E-state index contributed by atoms with van der Waals surface area (Å²) in [7, 11) is -7.66. The molecule has 0 nitrogen and oxygen atoms in total. The Hall–Kier alpha value is -1.25. The van der Waals surface area contributed by atoms with E-state index in [1.807, 2.05) is 0 Å². The molecule has 0 N–H and O–H groups in total. The van der Waals surface area contributed by atoms with Crippen molar-refractivity contribution in [3.05, 3.63) is 35.2 Å². The van der Waals surface area contributed by atoms with Crippen LogP contribution in [0.3, 0.4) is 0 Å². The van der Waals surface area contributed by atoms with E-state index in [-0.39, 0.29) is 5.92 Å². The molecular weight excluding hydrogens is 320 g/mol. The predicted octanol–water partition coefficient (Wildman–Crippen LogP) is 6.24. The SMILES string of the molecule is FC(F)(F)[s+]1c(C2CC2)cc2ccccc21.F[B-](F)(F)F. The van der Waals surface area contributed by atoms with E-state index in [0.29, 0.717) is 9.58 Å². The molecule has 0 radical (unpaired) electrons. The normalized spacial score (nSPS) is 16.6. The molecule has 1 aliphatic rings. The minimum atomic E-state index is -6.00. The molecule has 3 rings (SSSR count). The minimum Gasteiger partial charge on any atom is -0.418 e. The first-order valence-electron chi connectivity index (χ1n) is 6.06. The molecule has 0 aliphatic heterocycles. The lowest BCUT2D eigenvalue weighted by molar-refractivity contribution is -0.0867. The number of fused-ring (bicyclic) bond motifs is 1. The fraction of sp³-hybridized carbons (Fsp3) is 0.333. The van der Waals surface area contributed by atoms with Gasteiger partial charge in [0.1, 0.15) is 0 Å². The molecule has 1 saturated carbocycles. The van der Waals surface area contributed by atoms with E-state index in [9.17, 15) is 30.4 Å². The molecule has 1 aromatic heterocycles. The zero-order chi connectivity index (χ0) is 15.8. The quantitative estimate of drug-likeness (QED) is 0.330. The van der Waals surface area contributed by atoms with Gasteiger partial charge >= 0.3 is 12.8 Å². The van der Waals surface area contributed by atoms with Crippen molar-refractivity contribution in [2.45, 2.75) is 24.3 Å². The van der Waals surface area contributed by atoms with Crippen molar-refractivity contribution in [2.24, 2.45) is 0 Å². The first-order chi connectivity index (χ1) is 9.57. The molecule has 116 valence electrons. The van der Waals surface area contributed by atoms with Gasteiger partial charge in [0.25, 0.3) is 0 Å². The van der Waals surface area contributed by atoms with Crippen LogP contribution >= 0.6 is 10.5 Å². The average molecular weight is 330 g/mol. The van der Waals surface area contributed by atoms with Gasteiger partial charge in [0.2, 0.25) is 0 Å². The van der Waals surface area contributed by atoms with E-state index in [0.717, 1.165) is 18.2 Å². The first kappa shape index (κ1) is 16.1. The van der Waals surface area contributed by atoms with E-state index in [2.05, 4.69) is 0 Å². The topological polar surface area (TPSA) is 0 Å². The van der Waals surface area contributed by atoms with Crippen LogP contribution < -0.4 is 0 Å². The maximum Gasteiger partial charge on any atom is 0.673 e. The highest BCUT2D eigenvalue weighted by atomic mass is 32.2. The fourth-order valence-electron chi connectivity index (χ4n) is 2.04. The summed E-state index contributed by atoms with van der Waals surface area (Å²) in [4.78, 5) is 0.605. The van der Waals surface area contributed by atoms with Crippen molar-refractivity contribution in [1.29, 1.82) is 0 Å². The number of hydrogen-bond acceptors (Lipinski definition) is 0. The number of benzene rings is 1. The molecule has 21 heavy (non-hydrogen) atoms. The monoisotopic (exact) mass is 330 g/mol. The molecule has 0 bridgehead atoms. The van der Waals surface area contributed by atoms with E-state index in [1.54, 1.807) is 30.3 Å². The number of halogens is 7. The molecule has 1 aromatic carbocycles. The second-order valence-corrected chi connectivity index (χ2v) is 6.59. The van der Waals surface area contributed by atoms with Crippen LogP contribution in [0.1, 0.15) is 23.6 Å². The number of rotatable bonds is 1. The smallest absolute Gasteiger partial charge is 0.418 e. The number of thiophene rings is 1. The standard InChI is InChI=1S/C12H10F3S.BF4/c13-12(14,15)16-10-4-2-1-3-9(10)7-11(16)8-5-6-8;2-1(3,4)5/h1-4,7-8H,5-6H2;/q+1;-1. The van der Waals surface area contributed by atoms with Gasteiger partial charge < -0.3 is 17.3 Å². The van der Waals surface area contributed by atoms with E-state index in [1.165, 1.54) is 0 Å². The summed E-state index contributed by atoms with van der Waals surface area (Å²) in [5.41, 5.74) is -4.12. The summed E-state index contributed by atoms with van der Waals surface area (Å²) in [6.45, 7) is 0. The van der Waals surface area contributed by atoms with E-state index >= 15 is 0 Å². The Morgan fingerprint density at radius 2 is 1.52 bits per heavy atom. The van der Waals surface area contributed by atoms with Gasteiger partial charge in [-0.3, -0.25) is 0 Å². The van der Waals surface area contributed by atoms with Crippen molar-refractivity contribution < 1.29 is 30.4 Å². The van der Waals surface area contributed by atoms with Gasteiger partial charge in [-0.05, 0) is 25.0 Å². The second kappa shape index (κ2) is 5.51. The van der Waals surface area contributed by atoms with Crippen molar-refractivity contribution >= 4 is 27.8 Å². The minimum absolute atomic E-state index is 0.178. The summed E-state index contributed by atoms with van der Waals surface area (Å²) in [5, 5.41) is 0.755. The second-order valence-electron chi connectivity index (χ2n) is 4.61. The molecule has 2 aromatic rings. The van der Waals surface area contributed by atoms with Gasteiger partial charge in [-0.2, -0.15) is 0 Å². The largest absolute Gasteiger partial charge is 0.673 e. The Kier molecular flexibility index (Phi) is 4.23. The number of hydrogen-bond donors (Lipinski definition) is 0. The summed E-state index contributed by atoms with van der Waals surface area (Å²) >= 11 is 0. The fourth-order valence-corrected chi connectivity index (χ4v) is 4.20. The molecule has 1 fully saturated rings. The van der Waals surface area contributed by atoms with Crippen LogP contribution in [0.15, 0.2) is 30.3 Å². The molecule has 1 unspecified atom stereocenters. The van der Waals surface area contributed by atoms with Crippen LogP contribution in [-0.4, -0.2) is 7.25 Å². The molecule has 1 heterocycles. The highest BCUT2D eigenvalue weighted by Crippen LogP contribution is 2.57. The van der Waals surface area contributed by atoms with Crippen molar-refractivity contribution in [2.75, 3.05) is 0 Å². The van der Waals surface area contributed by atoms with Crippen LogP contribution in [0.4, 0.5) is 30.4 Å².